The highest BCUT2D eigenvalue weighted by Crippen LogP contribution is 2.31. The van der Waals surface area contributed by atoms with Gasteiger partial charge in [-0.1, -0.05) is 19.1 Å². The quantitative estimate of drug-likeness (QED) is 0.808. The molecule has 6 heteroatoms. The first-order chi connectivity index (χ1) is 14.1. The number of nitrogens with zero attached hydrogens (tertiary/aromatic N) is 3. The fourth-order valence-electron chi connectivity index (χ4n) is 4.69. The Morgan fingerprint density at radius 1 is 1.14 bits per heavy atom. The number of carbonyl (C=O) groups is 2. The van der Waals surface area contributed by atoms with Crippen LogP contribution in [0.5, 0.6) is 0 Å². The summed E-state index contributed by atoms with van der Waals surface area (Å²) in [5.41, 5.74) is 5.08. The summed E-state index contributed by atoms with van der Waals surface area (Å²) in [6.07, 6.45) is 7.37. The van der Waals surface area contributed by atoms with Crippen LogP contribution in [0.4, 0.5) is 0 Å². The molecule has 0 bridgehead atoms. The van der Waals surface area contributed by atoms with Crippen molar-refractivity contribution in [2.24, 2.45) is 0 Å². The highest BCUT2D eigenvalue weighted by molar-refractivity contribution is 5.94. The van der Waals surface area contributed by atoms with Crippen molar-refractivity contribution < 1.29 is 14.7 Å². The van der Waals surface area contributed by atoms with E-state index in [2.05, 4.69) is 31.2 Å². The smallest absolute Gasteiger partial charge is 0.303 e. The van der Waals surface area contributed by atoms with E-state index in [-0.39, 0.29) is 18.4 Å². The summed E-state index contributed by atoms with van der Waals surface area (Å²) in [6.45, 7) is 2.83. The number of carboxylic acids is 1. The first-order valence-corrected chi connectivity index (χ1v) is 10.8. The number of carbonyl (C=O) groups excluding carboxylic acids is 1. The van der Waals surface area contributed by atoms with E-state index in [9.17, 15) is 9.59 Å². The number of piperidine rings is 1. The van der Waals surface area contributed by atoms with Crippen LogP contribution in [0.25, 0.3) is 5.69 Å². The summed E-state index contributed by atoms with van der Waals surface area (Å²) >= 11 is 0. The van der Waals surface area contributed by atoms with Gasteiger partial charge < -0.3 is 10.0 Å². The predicted molar refractivity (Wildman–Crippen MR) is 111 cm³/mol. The maximum absolute atomic E-state index is 13.5. The van der Waals surface area contributed by atoms with Gasteiger partial charge in [-0.15, -0.1) is 0 Å². The normalized spacial score (nSPS) is 18.7. The van der Waals surface area contributed by atoms with Crippen LogP contribution in [0.3, 0.4) is 0 Å². The Hall–Kier alpha value is -2.63. The zero-order valence-electron chi connectivity index (χ0n) is 17.1. The SMILES string of the molecule is CCc1ccc(-n2nc(C(=O)N3CCCCC3CCC(=O)O)c3c2CCC3)cc1. The molecule has 1 aliphatic carbocycles. The molecule has 6 nitrogen and oxygen atoms in total. The fourth-order valence-corrected chi connectivity index (χ4v) is 4.69. The van der Waals surface area contributed by atoms with Gasteiger partial charge in [0, 0.05) is 30.3 Å². The summed E-state index contributed by atoms with van der Waals surface area (Å²) in [4.78, 5) is 26.4. The number of benzene rings is 1. The lowest BCUT2D eigenvalue weighted by atomic mass is 9.97. The molecule has 0 radical (unpaired) electrons. The molecule has 154 valence electrons. The molecule has 1 amide bonds. The summed E-state index contributed by atoms with van der Waals surface area (Å²) in [6, 6.07) is 8.39. The van der Waals surface area contributed by atoms with Crippen LogP contribution in [-0.2, 0) is 24.1 Å². The number of aliphatic carboxylic acids is 1. The minimum atomic E-state index is -0.802. The summed E-state index contributed by atoms with van der Waals surface area (Å²) < 4.78 is 1.95. The predicted octanol–water partition coefficient (Wildman–Crippen LogP) is 3.78. The maximum Gasteiger partial charge on any atom is 0.303 e. The molecule has 1 saturated heterocycles. The molecule has 1 unspecified atom stereocenters. The maximum atomic E-state index is 13.5. The van der Waals surface area contributed by atoms with Gasteiger partial charge in [-0.05, 0) is 69.1 Å². The number of likely N-dealkylation sites (tertiary alicyclic amines) is 1. The van der Waals surface area contributed by atoms with Crippen LogP contribution >= 0.6 is 0 Å². The molecular formula is C23H29N3O3. The highest BCUT2D eigenvalue weighted by atomic mass is 16.4. The van der Waals surface area contributed by atoms with Crippen molar-refractivity contribution in [1.82, 2.24) is 14.7 Å². The van der Waals surface area contributed by atoms with Gasteiger partial charge in [-0.25, -0.2) is 4.68 Å². The van der Waals surface area contributed by atoms with Crippen molar-refractivity contribution in [2.45, 2.75) is 70.8 Å². The molecule has 2 heterocycles. The van der Waals surface area contributed by atoms with Crippen molar-refractivity contribution in [3.05, 3.63) is 46.8 Å². The molecule has 2 aromatic rings. The fraction of sp³-hybridized carbons (Fsp3) is 0.522. The monoisotopic (exact) mass is 395 g/mol. The van der Waals surface area contributed by atoms with Gasteiger partial charge in [0.25, 0.3) is 5.91 Å². The van der Waals surface area contributed by atoms with Crippen molar-refractivity contribution in [3.63, 3.8) is 0 Å². The van der Waals surface area contributed by atoms with E-state index in [0.717, 1.165) is 61.9 Å². The van der Waals surface area contributed by atoms with E-state index in [0.29, 0.717) is 18.7 Å². The van der Waals surface area contributed by atoms with E-state index in [1.54, 1.807) is 0 Å². The number of carboxylic acid groups (broad SMARTS) is 1. The molecule has 2 aliphatic rings. The second-order valence-corrected chi connectivity index (χ2v) is 8.14. The second kappa shape index (κ2) is 8.39. The zero-order valence-corrected chi connectivity index (χ0v) is 17.1. The van der Waals surface area contributed by atoms with Crippen molar-refractivity contribution in [3.8, 4) is 5.69 Å². The Bertz CT molecular complexity index is 901. The summed E-state index contributed by atoms with van der Waals surface area (Å²) in [5, 5.41) is 13.8. The number of fused-ring (bicyclic) bond motifs is 1. The molecule has 0 saturated carbocycles. The van der Waals surface area contributed by atoms with Gasteiger partial charge in [0.1, 0.15) is 0 Å². The van der Waals surface area contributed by atoms with Gasteiger partial charge in [-0.2, -0.15) is 5.10 Å². The molecule has 1 atom stereocenters. The Kier molecular flexibility index (Phi) is 5.69. The number of rotatable bonds is 6. The average molecular weight is 396 g/mol. The van der Waals surface area contributed by atoms with Crippen LogP contribution in [0.15, 0.2) is 24.3 Å². The minimum absolute atomic E-state index is 0.00149. The standard InChI is InChI=1S/C23H29N3O3/c1-2-16-9-11-18(12-10-16)26-20-8-5-7-19(20)22(24-26)23(29)25-15-4-3-6-17(25)13-14-21(27)28/h9-12,17H,2-8,13-15H2,1H3,(H,27,28). The van der Waals surface area contributed by atoms with Crippen LogP contribution in [0.1, 0.15) is 72.8 Å². The lowest BCUT2D eigenvalue weighted by molar-refractivity contribution is -0.137. The largest absolute Gasteiger partial charge is 0.481 e. The molecule has 4 rings (SSSR count). The van der Waals surface area contributed by atoms with Crippen molar-refractivity contribution >= 4 is 11.9 Å². The third-order valence-corrected chi connectivity index (χ3v) is 6.30. The molecule has 1 N–H and O–H groups in total. The van der Waals surface area contributed by atoms with Gasteiger partial charge in [0.15, 0.2) is 5.69 Å². The van der Waals surface area contributed by atoms with Gasteiger partial charge in [0.05, 0.1) is 5.69 Å². The summed E-state index contributed by atoms with van der Waals surface area (Å²) in [5.74, 6) is -0.828. The topological polar surface area (TPSA) is 75.4 Å². The van der Waals surface area contributed by atoms with E-state index in [1.165, 1.54) is 5.56 Å². The van der Waals surface area contributed by atoms with E-state index in [1.807, 2.05) is 9.58 Å². The number of aryl methyl sites for hydroxylation is 1. The van der Waals surface area contributed by atoms with Crippen molar-refractivity contribution in [2.75, 3.05) is 6.54 Å². The molecule has 1 fully saturated rings. The minimum Gasteiger partial charge on any atom is -0.481 e. The Morgan fingerprint density at radius 2 is 1.93 bits per heavy atom. The third kappa shape index (κ3) is 3.93. The number of aromatic nitrogens is 2. The van der Waals surface area contributed by atoms with Gasteiger partial charge in [-0.3, -0.25) is 9.59 Å². The highest BCUT2D eigenvalue weighted by Gasteiger charge is 2.33. The van der Waals surface area contributed by atoms with E-state index >= 15 is 0 Å². The number of hydrogen-bond acceptors (Lipinski definition) is 3. The van der Waals surface area contributed by atoms with Crippen LogP contribution < -0.4 is 0 Å². The van der Waals surface area contributed by atoms with Gasteiger partial charge in [0.2, 0.25) is 0 Å². The molecule has 1 aliphatic heterocycles. The first kappa shape index (κ1) is 19.7. The summed E-state index contributed by atoms with van der Waals surface area (Å²) in [7, 11) is 0. The number of amides is 1. The molecule has 0 spiro atoms. The Labute approximate surface area is 171 Å². The Morgan fingerprint density at radius 3 is 2.66 bits per heavy atom. The first-order valence-electron chi connectivity index (χ1n) is 10.8. The van der Waals surface area contributed by atoms with Gasteiger partial charge >= 0.3 is 5.97 Å². The van der Waals surface area contributed by atoms with Crippen molar-refractivity contribution in [1.29, 1.82) is 0 Å². The average Bonchev–Trinajstić information content (AvgIpc) is 3.35. The zero-order chi connectivity index (χ0) is 20.4. The lowest BCUT2D eigenvalue weighted by Gasteiger charge is -2.35. The Balaban J connectivity index is 1.63. The molecule has 1 aromatic heterocycles. The molecule has 1 aromatic carbocycles. The second-order valence-electron chi connectivity index (χ2n) is 8.14. The van der Waals surface area contributed by atoms with Crippen LogP contribution in [0.2, 0.25) is 0 Å². The molecular weight excluding hydrogens is 366 g/mol. The van der Waals surface area contributed by atoms with E-state index in [4.69, 9.17) is 10.2 Å². The van der Waals surface area contributed by atoms with Crippen LogP contribution in [-0.4, -0.2) is 44.3 Å². The van der Waals surface area contributed by atoms with E-state index < -0.39 is 5.97 Å². The third-order valence-electron chi connectivity index (χ3n) is 6.30. The number of hydrogen-bond donors (Lipinski definition) is 1. The van der Waals surface area contributed by atoms with Crippen LogP contribution in [0, 0.1) is 0 Å². The molecule has 29 heavy (non-hydrogen) atoms. The lowest BCUT2D eigenvalue weighted by Crippen LogP contribution is -2.44.